The van der Waals surface area contributed by atoms with Gasteiger partial charge in [0.05, 0.1) is 10.5 Å². The molecule has 7 heteroatoms. The highest BCUT2D eigenvalue weighted by Gasteiger charge is 2.19. The van der Waals surface area contributed by atoms with Crippen LogP contribution in [0, 0.1) is 5.82 Å². The maximum Gasteiger partial charge on any atom is 0.273 e. The third-order valence-corrected chi connectivity index (χ3v) is 4.50. The lowest BCUT2D eigenvalue weighted by Crippen LogP contribution is -2.27. The first-order chi connectivity index (χ1) is 12.0. The van der Waals surface area contributed by atoms with Crippen molar-refractivity contribution in [2.45, 2.75) is 13.0 Å². The fourth-order valence-electron chi connectivity index (χ4n) is 2.39. The van der Waals surface area contributed by atoms with Crippen LogP contribution in [0.2, 0.25) is 5.02 Å². The van der Waals surface area contributed by atoms with Gasteiger partial charge in [0.25, 0.3) is 5.91 Å². The molecule has 0 fully saturated rings. The summed E-state index contributed by atoms with van der Waals surface area (Å²) in [6.45, 7) is 1.85. The summed E-state index contributed by atoms with van der Waals surface area (Å²) in [4.78, 5) is 12.5. The number of carbonyl (C=O) groups is 1. The second-order valence-corrected chi connectivity index (χ2v) is 6.76. The van der Waals surface area contributed by atoms with Crippen molar-refractivity contribution in [3.8, 4) is 5.69 Å². The van der Waals surface area contributed by atoms with Crippen molar-refractivity contribution < 1.29 is 9.18 Å². The highest BCUT2D eigenvalue weighted by Crippen LogP contribution is 2.22. The van der Waals surface area contributed by atoms with Gasteiger partial charge in [-0.2, -0.15) is 5.10 Å². The minimum atomic E-state index is -0.420. The van der Waals surface area contributed by atoms with E-state index in [1.54, 1.807) is 36.5 Å². The van der Waals surface area contributed by atoms with Gasteiger partial charge in [0.2, 0.25) is 0 Å². The molecule has 0 radical (unpaired) electrons. The van der Waals surface area contributed by atoms with E-state index >= 15 is 0 Å². The zero-order valence-electron chi connectivity index (χ0n) is 13.2. The Balaban J connectivity index is 1.82. The van der Waals surface area contributed by atoms with Crippen LogP contribution >= 0.6 is 27.5 Å². The van der Waals surface area contributed by atoms with Crippen molar-refractivity contribution in [3.63, 3.8) is 0 Å². The molecule has 2 aromatic carbocycles. The number of nitrogens with one attached hydrogen (secondary N) is 1. The maximum atomic E-state index is 13.9. The Bertz CT molecular complexity index is 928. The molecule has 0 bridgehead atoms. The molecule has 4 nitrogen and oxygen atoms in total. The summed E-state index contributed by atoms with van der Waals surface area (Å²) in [5.41, 5.74) is 1.33. The van der Waals surface area contributed by atoms with E-state index in [1.165, 1.54) is 10.7 Å². The molecule has 0 aliphatic carbocycles. The Labute approximate surface area is 157 Å². The fourth-order valence-corrected chi connectivity index (χ4v) is 3.04. The van der Waals surface area contributed by atoms with Gasteiger partial charge in [0.1, 0.15) is 11.5 Å². The number of benzene rings is 2. The molecule has 1 unspecified atom stereocenters. The van der Waals surface area contributed by atoms with Gasteiger partial charge in [-0.15, -0.1) is 0 Å². The molecule has 0 aliphatic heterocycles. The smallest absolute Gasteiger partial charge is 0.273 e. The standard InChI is InChI=1S/C18H14BrClFN3O/c1-11(12-5-4-6-13(20)9-12)22-18(25)17-14(19)10-24(23-17)16-8-3-2-7-15(16)21/h2-11H,1H3,(H,22,25). The van der Waals surface area contributed by atoms with Crippen LogP contribution in [0.15, 0.2) is 59.2 Å². The highest BCUT2D eigenvalue weighted by molar-refractivity contribution is 9.10. The van der Waals surface area contributed by atoms with Gasteiger partial charge in [-0.1, -0.05) is 35.9 Å². The summed E-state index contributed by atoms with van der Waals surface area (Å²) in [6.07, 6.45) is 1.55. The summed E-state index contributed by atoms with van der Waals surface area (Å²) < 4.78 is 15.7. The lowest BCUT2D eigenvalue weighted by atomic mass is 10.1. The third-order valence-electron chi connectivity index (χ3n) is 3.68. The van der Waals surface area contributed by atoms with Gasteiger partial charge in [-0.05, 0) is 52.7 Å². The van der Waals surface area contributed by atoms with E-state index in [1.807, 2.05) is 19.1 Å². The molecule has 3 rings (SSSR count). The first-order valence-electron chi connectivity index (χ1n) is 7.52. The second kappa shape index (κ2) is 7.37. The molecule has 1 aromatic heterocycles. The number of hydrogen-bond donors (Lipinski definition) is 1. The monoisotopic (exact) mass is 421 g/mol. The van der Waals surface area contributed by atoms with Gasteiger partial charge < -0.3 is 5.32 Å². The molecule has 1 N–H and O–H groups in total. The minimum absolute atomic E-state index is 0.178. The van der Waals surface area contributed by atoms with Crippen molar-refractivity contribution in [1.29, 1.82) is 0 Å². The van der Waals surface area contributed by atoms with Crippen LogP contribution in [0.3, 0.4) is 0 Å². The van der Waals surface area contributed by atoms with Crippen LogP contribution in [-0.2, 0) is 0 Å². The predicted molar refractivity (Wildman–Crippen MR) is 98.6 cm³/mol. The zero-order chi connectivity index (χ0) is 18.0. The molecule has 1 amide bonds. The minimum Gasteiger partial charge on any atom is -0.344 e. The Morgan fingerprint density at radius 2 is 2.04 bits per heavy atom. The Kier molecular flexibility index (Phi) is 5.20. The zero-order valence-corrected chi connectivity index (χ0v) is 15.6. The van der Waals surface area contributed by atoms with E-state index in [9.17, 15) is 9.18 Å². The van der Waals surface area contributed by atoms with E-state index in [4.69, 9.17) is 11.6 Å². The van der Waals surface area contributed by atoms with E-state index < -0.39 is 5.82 Å². The molecular weight excluding hydrogens is 409 g/mol. The van der Waals surface area contributed by atoms with Gasteiger partial charge >= 0.3 is 0 Å². The van der Waals surface area contributed by atoms with Crippen LogP contribution in [0.5, 0.6) is 0 Å². The van der Waals surface area contributed by atoms with Crippen molar-refractivity contribution in [1.82, 2.24) is 15.1 Å². The fraction of sp³-hybridized carbons (Fsp3) is 0.111. The first kappa shape index (κ1) is 17.6. The number of amides is 1. The van der Waals surface area contributed by atoms with Crippen molar-refractivity contribution in [3.05, 3.63) is 81.3 Å². The van der Waals surface area contributed by atoms with E-state index in [0.29, 0.717) is 9.50 Å². The normalized spacial score (nSPS) is 12.0. The average Bonchev–Trinajstić information content (AvgIpc) is 2.97. The second-order valence-electron chi connectivity index (χ2n) is 5.47. The number of para-hydroxylation sites is 1. The molecule has 0 aliphatic rings. The summed E-state index contributed by atoms with van der Waals surface area (Å²) in [5.74, 6) is -0.786. The van der Waals surface area contributed by atoms with Gasteiger partial charge in [0, 0.05) is 11.2 Å². The molecule has 0 spiro atoms. The highest BCUT2D eigenvalue weighted by atomic mass is 79.9. The molecule has 0 saturated heterocycles. The van der Waals surface area contributed by atoms with Gasteiger partial charge in [-0.25, -0.2) is 9.07 Å². The van der Waals surface area contributed by atoms with Crippen molar-refractivity contribution in [2.24, 2.45) is 0 Å². The number of halogens is 3. The summed E-state index contributed by atoms with van der Waals surface area (Å²) >= 11 is 9.29. The first-order valence-corrected chi connectivity index (χ1v) is 8.69. The topological polar surface area (TPSA) is 46.9 Å². The third kappa shape index (κ3) is 3.91. The number of nitrogens with zero attached hydrogens (tertiary/aromatic N) is 2. The van der Waals surface area contributed by atoms with Crippen LogP contribution in [-0.4, -0.2) is 15.7 Å². The SMILES string of the molecule is CC(NC(=O)c1nn(-c2ccccc2F)cc1Br)c1cccc(Cl)c1. The Morgan fingerprint density at radius 3 is 2.76 bits per heavy atom. The summed E-state index contributed by atoms with van der Waals surface area (Å²) in [6, 6.07) is 13.2. The average molecular weight is 423 g/mol. The van der Waals surface area contributed by atoms with E-state index in [2.05, 4.69) is 26.3 Å². The molecule has 128 valence electrons. The van der Waals surface area contributed by atoms with Gasteiger partial charge in [0.15, 0.2) is 5.69 Å². The van der Waals surface area contributed by atoms with Gasteiger partial charge in [-0.3, -0.25) is 4.79 Å². The molecule has 25 heavy (non-hydrogen) atoms. The number of carbonyl (C=O) groups excluding carboxylic acids is 1. The van der Waals surface area contributed by atoms with Crippen molar-refractivity contribution in [2.75, 3.05) is 0 Å². The summed E-state index contributed by atoms with van der Waals surface area (Å²) in [5, 5.41) is 7.66. The van der Waals surface area contributed by atoms with E-state index in [-0.39, 0.29) is 23.3 Å². The van der Waals surface area contributed by atoms with Crippen LogP contribution in [0.4, 0.5) is 4.39 Å². The lowest BCUT2D eigenvalue weighted by molar-refractivity contribution is 0.0933. The Morgan fingerprint density at radius 1 is 1.28 bits per heavy atom. The van der Waals surface area contributed by atoms with Crippen LogP contribution in [0.1, 0.15) is 29.0 Å². The van der Waals surface area contributed by atoms with Crippen molar-refractivity contribution >= 4 is 33.4 Å². The molecular formula is C18H14BrClFN3O. The summed E-state index contributed by atoms with van der Waals surface area (Å²) in [7, 11) is 0. The molecule has 1 heterocycles. The molecule has 1 atom stereocenters. The number of hydrogen-bond acceptors (Lipinski definition) is 2. The quantitative estimate of drug-likeness (QED) is 0.649. The lowest BCUT2D eigenvalue weighted by Gasteiger charge is -2.13. The van der Waals surface area contributed by atoms with Crippen LogP contribution in [0.25, 0.3) is 5.69 Å². The number of aromatic nitrogens is 2. The largest absolute Gasteiger partial charge is 0.344 e. The van der Waals surface area contributed by atoms with Crippen LogP contribution < -0.4 is 5.32 Å². The molecule has 3 aromatic rings. The predicted octanol–water partition coefficient (Wildman–Crippen LogP) is 4.92. The van der Waals surface area contributed by atoms with E-state index in [0.717, 1.165) is 5.56 Å². The number of rotatable bonds is 4. The maximum absolute atomic E-state index is 13.9. The Hall–Kier alpha value is -2.18. The molecule has 0 saturated carbocycles.